The Kier molecular flexibility index (Phi) is 4.19. The summed E-state index contributed by atoms with van der Waals surface area (Å²) in [4.78, 5) is 29.5. The lowest BCUT2D eigenvalue weighted by Gasteiger charge is -2.38. The maximum Gasteiger partial charge on any atom is 0.240 e. The summed E-state index contributed by atoms with van der Waals surface area (Å²) in [6.07, 6.45) is 1.10. The van der Waals surface area contributed by atoms with Gasteiger partial charge in [0.2, 0.25) is 11.8 Å². The van der Waals surface area contributed by atoms with E-state index in [0.29, 0.717) is 13.1 Å². The smallest absolute Gasteiger partial charge is 0.240 e. The SMILES string of the molecule is CN(C)C(=O)C1CNCCN1CC(=O)N1CCC1. The van der Waals surface area contributed by atoms with Crippen LogP contribution in [0.3, 0.4) is 0 Å². The predicted octanol–water partition coefficient (Wildman–Crippen LogP) is -1.42. The molecule has 2 saturated heterocycles. The van der Waals surface area contributed by atoms with Crippen LogP contribution in [0.2, 0.25) is 0 Å². The Morgan fingerprint density at radius 2 is 2.00 bits per heavy atom. The summed E-state index contributed by atoms with van der Waals surface area (Å²) < 4.78 is 0. The van der Waals surface area contributed by atoms with E-state index in [-0.39, 0.29) is 17.9 Å². The molecule has 2 rings (SSSR count). The number of amides is 2. The minimum absolute atomic E-state index is 0.0682. The topological polar surface area (TPSA) is 55.9 Å². The molecule has 1 unspecified atom stereocenters. The van der Waals surface area contributed by atoms with Crippen molar-refractivity contribution in [1.82, 2.24) is 20.0 Å². The number of likely N-dealkylation sites (tertiary alicyclic amines) is 1. The molecule has 1 N–H and O–H groups in total. The molecular formula is C12H22N4O2. The van der Waals surface area contributed by atoms with Crippen LogP contribution in [0.4, 0.5) is 0 Å². The van der Waals surface area contributed by atoms with Gasteiger partial charge in [0, 0.05) is 46.8 Å². The van der Waals surface area contributed by atoms with Gasteiger partial charge >= 0.3 is 0 Å². The molecule has 0 radical (unpaired) electrons. The fraction of sp³-hybridized carbons (Fsp3) is 0.833. The molecule has 2 aliphatic rings. The molecule has 2 aliphatic heterocycles. The van der Waals surface area contributed by atoms with Gasteiger partial charge in [-0.05, 0) is 6.42 Å². The molecule has 0 aromatic heterocycles. The lowest BCUT2D eigenvalue weighted by molar-refractivity contribution is -0.140. The van der Waals surface area contributed by atoms with Crippen LogP contribution in [0.25, 0.3) is 0 Å². The molecule has 0 aliphatic carbocycles. The number of carbonyl (C=O) groups excluding carboxylic acids is 2. The number of carbonyl (C=O) groups is 2. The van der Waals surface area contributed by atoms with Crippen LogP contribution in [-0.4, -0.2) is 85.9 Å². The highest BCUT2D eigenvalue weighted by atomic mass is 16.2. The molecule has 6 heteroatoms. The van der Waals surface area contributed by atoms with Gasteiger partial charge in [-0.3, -0.25) is 14.5 Å². The molecule has 0 spiro atoms. The molecular weight excluding hydrogens is 232 g/mol. The van der Waals surface area contributed by atoms with Gasteiger partial charge in [0.25, 0.3) is 0 Å². The first kappa shape index (κ1) is 13.3. The summed E-state index contributed by atoms with van der Waals surface area (Å²) >= 11 is 0. The molecule has 2 heterocycles. The zero-order chi connectivity index (χ0) is 13.1. The number of piperazine rings is 1. The van der Waals surface area contributed by atoms with Gasteiger partial charge in [-0.2, -0.15) is 0 Å². The van der Waals surface area contributed by atoms with E-state index in [1.165, 1.54) is 0 Å². The molecule has 2 amide bonds. The summed E-state index contributed by atoms with van der Waals surface area (Å²) in [5.74, 6) is 0.221. The van der Waals surface area contributed by atoms with E-state index in [1.54, 1.807) is 19.0 Å². The standard InChI is InChI=1S/C12H22N4O2/c1-14(2)12(18)10-8-13-4-7-16(10)9-11(17)15-5-3-6-15/h10,13H,3-9H2,1-2H3. The van der Waals surface area contributed by atoms with Gasteiger partial charge in [0.05, 0.1) is 6.54 Å². The molecule has 102 valence electrons. The van der Waals surface area contributed by atoms with Crippen molar-refractivity contribution in [3.8, 4) is 0 Å². The van der Waals surface area contributed by atoms with Crippen LogP contribution in [0.15, 0.2) is 0 Å². The minimum Gasteiger partial charge on any atom is -0.347 e. The molecule has 18 heavy (non-hydrogen) atoms. The van der Waals surface area contributed by atoms with Crippen molar-refractivity contribution < 1.29 is 9.59 Å². The van der Waals surface area contributed by atoms with E-state index in [9.17, 15) is 9.59 Å². The van der Waals surface area contributed by atoms with Crippen LogP contribution in [0.5, 0.6) is 0 Å². The first-order valence-corrected chi connectivity index (χ1v) is 6.53. The molecule has 2 fully saturated rings. The third-order valence-corrected chi connectivity index (χ3v) is 3.63. The molecule has 6 nitrogen and oxygen atoms in total. The van der Waals surface area contributed by atoms with Gasteiger partial charge < -0.3 is 15.1 Å². The van der Waals surface area contributed by atoms with E-state index in [0.717, 1.165) is 32.6 Å². The van der Waals surface area contributed by atoms with Crippen LogP contribution >= 0.6 is 0 Å². The van der Waals surface area contributed by atoms with Gasteiger partial charge in [-0.1, -0.05) is 0 Å². The number of likely N-dealkylation sites (N-methyl/N-ethyl adjacent to an activating group) is 1. The van der Waals surface area contributed by atoms with Crippen molar-refractivity contribution in [3.05, 3.63) is 0 Å². The number of nitrogens with zero attached hydrogens (tertiary/aromatic N) is 3. The summed E-state index contributed by atoms with van der Waals surface area (Å²) in [7, 11) is 3.51. The van der Waals surface area contributed by atoms with Gasteiger partial charge in [-0.15, -0.1) is 0 Å². The second-order valence-corrected chi connectivity index (χ2v) is 5.16. The lowest BCUT2D eigenvalue weighted by atomic mass is 10.1. The van der Waals surface area contributed by atoms with Crippen molar-refractivity contribution in [3.63, 3.8) is 0 Å². The van der Waals surface area contributed by atoms with Crippen LogP contribution < -0.4 is 5.32 Å². The number of hydrogen-bond donors (Lipinski definition) is 1. The summed E-state index contributed by atoms with van der Waals surface area (Å²) in [5, 5.41) is 3.22. The Bertz CT molecular complexity index is 328. The van der Waals surface area contributed by atoms with Crippen molar-refractivity contribution in [2.24, 2.45) is 0 Å². The fourth-order valence-corrected chi connectivity index (χ4v) is 2.32. The monoisotopic (exact) mass is 254 g/mol. The first-order valence-electron chi connectivity index (χ1n) is 6.53. The average molecular weight is 254 g/mol. The molecule has 0 aromatic rings. The predicted molar refractivity (Wildman–Crippen MR) is 68.1 cm³/mol. The van der Waals surface area contributed by atoms with Crippen molar-refractivity contribution in [2.75, 3.05) is 53.4 Å². The molecule has 1 atom stereocenters. The van der Waals surface area contributed by atoms with Gasteiger partial charge in [-0.25, -0.2) is 0 Å². The fourth-order valence-electron chi connectivity index (χ4n) is 2.32. The summed E-state index contributed by atoms with van der Waals surface area (Å²) in [6, 6.07) is -0.209. The third kappa shape index (κ3) is 2.81. The van der Waals surface area contributed by atoms with Crippen LogP contribution in [0.1, 0.15) is 6.42 Å². The Morgan fingerprint density at radius 3 is 2.56 bits per heavy atom. The van der Waals surface area contributed by atoms with E-state index >= 15 is 0 Å². The largest absolute Gasteiger partial charge is 0.347 e. The Balaban J connectivity index is 1.94. The summed E-state index contributed by atoms with van der Waals surface area (Å²) in [5.41, 5.74) is 0. The highest BCUT2D eigenvalue weighted by molar-refractivity contribution is 5.84. The Labute approximate surface area is 108 Å². The lowest BCUT2D eigenvalue weighted by Crippen LogP contribution is -2.60. The molecule has 0 saturated carbocycles. The molecule has 0 bridgehead atoms. The molecule has 0 aromatic carbocycles. The first-order chi connectivity index (χ1) is 8.59. The minimum atomic E-state index is -0.209. The van der Waals surface area contributed by atoms with Crippen molar-refractivity contribution >= 4 is 11.8 Å². The van der Waals surface area contributed by atoms with Crippen molar-refractivity contribution in [2.45, 2.75) is 12.5 Å². The average Bonchev–Trinajstić information content (AvgIpc) is 2.26. The summed E-state index contributed by atoms with van der Waals surface area (Å²) in [6.45, 7) is 4.33. The van der Waals surface area contributed by atoms with E-state index in [2.05, 4.69) is 5.32 Å². The van der Waals surface area contributed by atoms with E-state index in [4.69, 9.17) is 0 Å². The highest BCUT2D eigenvalue weighted by Crippen LogP contribution is 2.10. The number of hydrogen-bond acceptors (Lipinski definition) is 4. The third-order valence-electron chi connectivity index (χ3n) is 3.63. The maximum atomic E-state index is 12.1. The Morgan fingerprint density at radius 1 is 1.28 bits per heavy atom. The second kappa shape index (κ2) is 5.67. The highest BCUT2D eigenvalue weighted by Gasteiger charge is 2.32. The van der Waals surface area contributed by atoms with Crippen LogP contribution in [0, 0.1) is 0 Å². The van der Waals surface area contributed by atoms with E-state index in [1.807, 2.05) is 9.80 Å². The Hall–Kier alpha value is -1.14. The number of rotatable bonds is 3. The zero-order valence-electron chi connectivity index (χ0n) is 11.2. The van der Waals surface area contributed by atoms with E-state index < -0.39 is 0 Å². The van der Waals surface area contributed by atoms with Crippen molar-refractivity contribution in [1.29, 1.82) is 0 Å². The van der Waals surface area contributed by atoms with Gasteiger partial charge in [0.1, 0.15) is 6.04 Å². The normalized spacial score (nSPS) is 24.6. The zero-order valence-corrected chi connectivity index (χ0v) is 11.2. The number of nitrogens with one attached hydrogen (secondary N) is 1. The quantitative estimate of drug-likeness (QED) is 0.672. The maximum absolute atomic E-state index is 12.1. The second-order valence-electron chi connectivity index (χ2n) is 5.16. The van der Waals surface area contributed by atoms with Gasteiger partial charge in [0.15, 0.2) is 0 Å². The van der Waals surface area contributed by atoms with Crippen LogP contribution in [-0.2, 0) is 9.59 Å².